The number of aryl methyl sites for hydroxylation is 1. The Morgan fingerprint density at radius 3 is 2.78 bits per heavy atom. The van der Waals surface area contributed by atoms with Crippen molar-refractivity contribution in [2.75, 3.05) is 5.73 Å². The second-order valence-corrected chi connectivity index (χ2v) is 7.38. The van der Waals surface area contributed by atoms with Crippen molar-refractivity contribution in [3.63, 3.8) is 0 Å². The van der Waals surface area contributed by atoms with Crippen molar-refractivity contribution in [1.82, 2.24) is 20.2 Å². The van der Waals surface area contributed by atoms with E-state index in [9.17, 15) is 9.18 Å². The average molecular weight is 363 g/mol. The van der Waals surface area contributed by atoms with E-state index < -0.39 is 5.82 Å². The van der Waals surface area contributed by atoms with E-state index in [0.717, 1.165) is 17.5 Å². The summed E-state index contributed by atoms with van der Waals surface area (Å²) < 4.78 is 14.1. The monoisotopic (exact) mass is 363 g/mol. The number of pyridine rings is 2. The highest BCUT2D eigenvalue weighted by atomic mass is 19.1. The number of fused-ring (bicyclic) bond motifs is 2. The van der Waals surface area contributed by atoms with Gasteiger partial charge in [0.05, 0.1) is 17.2 Å². The maximum absolute atomic E-state index is 14.1. The van der Waals surface area contributed by atoms with E-state index >= 15 is 0 Å². The Morgan fingerprint density at radius 2 is 2.04 bits per heavy atom. The molecule has 27 heavy (non-hydrogen) atoms. The van der Waals surface area contributed by atoms with Crippen LogP contribution in [0.25, 0.3) is 33.1 Å². The van der Waals surface area contributed by atoms with Crippen molar-refractivity contribution in [2.45, 2.75) is 26.2 Å². The number of aromatic nitrogens is 4. The second kappa shape index (κ2) is 5.39. The quantitative estimate of drug-likeness (QED) is 0.506. The maximum Gasteiger partial charge on any atom is 0.272 e. The van der Waals surface area contributed by atoms with E-state index in [1.54, 1.807) is 6.07 Å². The summed E-state index contributed by atoms with van der Waals surface area (Å²) in [5.41, 5.74) is 10.7. The van der Waals surface area contributed by atoms with Gasteiger partial charge in [-0.25, -0.2) is 4.39 Å². The minimum Gasteiger partial charge on any atom is -0.394 e. The summed E-state index contributed by atoms with van der Waals surface area (Å²) in [7, 11) is 0. The predicted molar refractivity (Wildman–Crippen MR) is 103 cm³/mol. The zero-order chi connectivity index (χ0) is 18.9. The number of H-pyrrole nitrogens is 2. The Balaban J connectivity index is 1.88. The topological polar surface area (TPSA) is 100 Å². The standard InChI is InChI=1S/C20H18FN5O/c1-8-5-11(8)12-6-23-19-15(16(22)20(27)25-17(19)9(12)2)10-3-4-14(21)18-13(10)7-24-26-18/h3-4,6-8,11H,5,22H2,1-2H3,(H,24,26)(H,25,27)/t8-,11-/m1/s1. The van der Waals surface area contributed by atoms with Crippen molar-refractivity contribution in [3.05, 3.63) is 51.8 Å². The molecule has 0 saturated heterocycles. The SMILES string of the molecule is Cc1c([C@@H]2C[C@H]2C)cnc2c(-c3ccc(F)c4[nH]ncc34)c(N)c(=O)[nH]c12. The molecule has 3 heterocycles. The molecular weight excluding hydrogens is 345 g/mol. The number of hydrogen-bond acceptors (Lipinski definition) is 4. The Bertz CT molecular complexity index is 1290. The molecule has 0 radical (unpaired) electrons. The molecule has 4 aromatic rings. The number of benzene rings is 1. The van der Waals surface area contributed by atoms with Crippen molar-refractivity contribution in [3.8, 4) is 11.1 Å². The lowest BCUT2D eigenvalue weighted by molar-refractivity contribution is 0.636. The van der Waals surface area contributed by atoms with Crippen LogP contribution in [-0.2, 0) is 0 Å². The number of nitrogens with one attached hydrogen (secondary N) is 2. The van der Waals surface area contributed by atoms with Crippen LogP contribution in [0.1, 0.15) is 30.4 Å². The first-order valence-corrected chi connectivity index (χ1v) is 8.90. The van der Waals surface area contributed by atoms with Gasteiger partial charge < -0.3 is 10.7 Å². The van der Waals surface area contributed by atoms with E-state index in [1.807, 2.05) is 13.1 Å². The third-order valence-corrected chi connectivity index (χ3v) is 5.71. The van der Waals surface area contributed by atoms with Crippen LogP contribution in [0.5, 0.6) is 0 Å². The molecule has 0 spiro atoms. The summed E-state index contributed by atoms with van der Waals surface area (Å²) in [6.45, 7) is 4.21. The Hall–Kier alpha value is -3.22. The molecular formula is C20H18FN5O. The zero-order valence-corrected chi connectivity index (χ0v) is 14.9. The summed E-state index contributed by atoms with van der Waals surface area (Å²) >= 11 is 0. The molecule has 1 aliphatic rings. The fourth-order valence-electron chi connectivity index (χ4n) is 4.00. The lowest BCUT2D eigenvalue weighted by Crippen LogP contribution is -2.15. The Labute approximate surface area is 153 Å². The van der Waals surface area contributed by atoms with Crippen LogP contribution in [-0.4, -0.2) is 20.2 Å². The number of nitrogen functional groups attached to an aromatic ring is 1. The van der Waals surface area contributed by atoms with Gasteiger partial charge in [-0.3, -0.25) is 14.9 Å². The first kappa shape index (κ1) is 16.0. The normalized spacial score (nSPS) is 19.1. The van der Waals surface area contributed by atoms with Crippen LogP contribution in [0.2, 0.25) is 0 Å². The van der Waals surface area contributed by atoms with Crippen LogP contribution in [0.15, 0.2) is 29.3 Å². The van der Waals surface area contributed by atoms with Crippen LogP contribution in [0, 0.1) is 18.7 Å². The number of halogens is 1. The number of nitrogens with zero attached hydrogens (tertiary/aromatic N) is 2. The highest BCUT2D eigenvalue weighted by Crippen LogP contribution is 2.48. The smallest absolute Gasteiger partial charge is 0.272 e. The van der Waals surface area contributed by atoms with Gasteiger partial charge in [0.15, 0.2) is 0 Å². The lowest BCUT2D eigenvalue weighted by atomic mass is 9.96. The molecule has 0 aliphatic heterocycles. The van der Waals surface area contributed by atoms with Gasteiger partial charge >= 0.3 is 0 Å². The summed E-state index contributed by atoms with van der Waals surface area (Å²) in [6, 6.07) is 2.96. The highest BCUT2D eigenvalue weighted by molar-refractivity contribution is 6.06. The van der Waals surface area contributed by atoms with Crippen molar-refractivity contribution in [1.29, 1.82) is 0 Å². The minimum atomic E-state index is -0.409. The highest BCUT2D eigenvalue weighted by Gasteiger charge is 2.36. The number of aromatic amines is 2. The summed E-state index contributed by atoms with van der Waals surface area (Å²) in [5, 5.41) is 7.16. The van der Waals surface area contributed by atoms with Crippen LogP contribution < -0.4 is 11.3 Å². The molecule has 1 aromatic carbocycles. The first-order valence-electron chi connectivity index (χ1n) is 8.90. The van der Waals surface area contributed by atoms with Gasteiger partial charge in [-0.15, -0.1) is 0 Å². The third-order valence-electron chi connectivity index (χ3n) is 5.71. The number of anilines is 1. The summed E-state index contributed by atoms with van der Waals surface area (Å²) in [6.07, 6.45) is 4.55. The van der Waals surface area contributed by atoms with Crippen molar-refractivity contribution >= 4 is 27.6 Å². The van der Waals surface area contributed by atoms with Gasteiger partial charge in [-0.2, -0.15) is 5.10 Å². The molecule has 0 bridgehead atoms. The van der Waals surface area contributed by atoms with Gasteiger partial charge in [0.25, 0.3) is 5.56 Å². The van der Waals surface area contributed by atoms with Crippen LogP contribution in [0.3, 0.4) is 0 Å². The molecule has 1 saturated carbocycles. The van der Waals surface area contributed by atoms with Crippen LogP contribution >= 0.6 is 0 Å². The van der Waals surface area contributed by atoms with Gasteiger partial charge in [-0.1, -0.05) is 13.0 Å². The molecule has 0 unspecified atom stereocenters. The fraction of sp³-hybridized carbons (Fsp3) is 0.250. The maximum atomic E-state index is 14.1. The molecule has 0 amide bonds. The fourth-order valence-corrected chi connectivity index (χ4v) is 4.00. The number of rotatable bonds is 2. The lowest BCUT2D eigenvalue weighted by Gasteiger charge is -2.14. The molecule has 136 valence electrons. The Kier molecular flexibility index (Phi) is 3.19. The molecule has 1 fully saturated rings. The van der Waals surface area contributed by atoms with E-state index in [1.165, 1.54) is 12.3 Å². The summed E-state index contributed by atoms with van der Waals surface area (Å²) in [4.78, 5) is 20.1. The van der Waals surface area contributed by atoms with Crippen LogP contribution in [0.4, 0.5) is 10.1 Å². The molecule has 1 aliphatic carbocycles. The molecule has 2 atom stereocenters. The van der Waals surface area contributed by atoms with Gasteiger partial charge in [0, 0.05) is 17.1 Å². The first-order chi connectivity index (χ1) is 13.0. The predicted octanol–water partition coefficient (Wildman–Crippen LogP) is 3.62. The second-order valence-electron chi connectivity index (χ2n) is 7.38. The van der Waals surface area contributed by atoms with Gasteiger partial charge in [0.1, 0.15) is 17.0 Å². The number of nitrogens with two attached hydrogens (primary N) is 1. The van der Waals surface area contributed by atoms with E-state index in [0.29, 0.717) is 39.4 Å². The molecule has 3 aromatic heterocycles. The molecule has 5 rings (SSSR count). The van der Waals surface area contributed by atoms with E-state index in [2.05, 4.69) is 27.1 Å². The molecule has 4 N–H and O–H groups in total. The largest absolute Gasteiger partial charge is 0.394 e. The Morgan fingerprint density at radius 1 is 1.26 bits per heavy atom. The van der Waals surface area contributed by atoms with E-state index in [-0.39, 0.29) is 16.8 Å². The van der Waals surface area contributed by atoms with Gasteiger partial charge in [0.2, 0.25) is 0 Å². The average Bonchev–Trinajstić information content (AvgIpc) is 3.16. The third kappa shape index (κ3) is 2.21. The van der Waals surface area contributed by atoms with E-state index in [4.69, 9.17) is 5.73 Å². The van der Waals surface area contributed by atoms with Crippen molar-refractivity contribution < 1.29 is 4.39 Å². The summed E-state index contributed by atoms with van der Waals surface area (Å²) in [5.74, 6) is 0.705. The molecule has 7 heteroatoms. The molecule has 6 nitrogen and oxygen atoms in total. The minimum absolute atomic E-state index is 0.0658. The van der Waals surface area contributed by atoms with Crippen molar-refractivity contribution in [2.24, 2.45) is 5.92 Å². The number of hydrogen-bond donors (Lipinski definition) is 3. The zero-order valence-electron chi connectivity index (χ0n) is 14.9. The van der Waals surface area contributed by atoms with Gasteiger partial charge in [-0.05, 0) is 47.9 Å².